The molecule has 0 heterocycles. The standard InChI is InChI=1S/C26H33N3O6/c1-16-9-5-7-11-19(16)27-23(32)22(18-10-6-8-12-21(18)31)29(17-13-14-17)24(33)20(15-30)28-25(34)35-26(2,3)4/h5-12,17,20,22,30-31H,13-15H2,1-4H3,(H,27,32)(H,28,34). The van der Waals surface area contributed by atoms with E-state index in [0.29, 0.717) is 18.5 Å². The van der Waals surface area contributed by atoms with Crippen molar-refractivity contribution in [3.63, 3.8) is 0 Å². The molecule has 0 saturated heterocycles. The number of benzene rings is 2. The molecule has 0 spiro atoms. The van der Waals surface area contributed by atoms with E-state index < -0.39 is 42.2 Å². The van der Waals surface area contributed by atoms with E-state index in [1.54, 1.807) is 51.1 Å². The molecule has 3 amide bonds. The number of hydrogen-bond acceptors (Lipinski definition) is 6. The molecule has 1 saturated carbocycles. The molecule has 0 radical (unpaired) electrons. The normalized spacial score (nSPS) is 15.0. The van der Waals surface area contributed by atoms with Crippen molar-refractivity contribution in [1.29, 1.82) is 0 Å². The highest BCUT2D eigenvalue weighted by molar-refractivity contribution is 6.00. The lowest BCUT2D eigenvalue weighted by Crippen LogP contribution is -2.54. The number of aromatic hydroxyl groups is 1. The van der Waals surface area contributed by atoms with E-state index in [2.05, 4.69) is 10.6 Å². The van der Waals surface area contributed by atoms with Gasteiger partial charge in [-0.15, -0.1) is 0 Å². The van der Waals surface area contributed by atoms with Gasteiger partial charge in [0.2, 0.25) is 5.91 Å². The maximum absolute atomic E-state index is 13.6. The largest absolute Gasteiger partial charge is 0.508 e. The summed E-state index contributed by atoms with van der Waals surface area (Å²) >= 11 is 0. The first kappa shape index (κ1) is 26.0. The number of nitrogens with zero attached hydrogens (tertiary/aromatic N) is 1. The van der Waals surface area contributed by atoms with Crippen LogP contribution in [0, 0.1) is 6.92 Å². The maximum atomic E-state index is 13.6. The van der Waals surface area contributed by atoms with Gasteiger partial charge in [-0.25, -0.2) is 4.79 Å². The summed E-state index contributed by atoms with van der Waals surface area (Å²) in [6.45, 7) is 6.21. The summed E-state index contributed by atoms with van der Waals surface area (Å²) in [5.41, 5.74) is 0.857. The molecule has 0 aromatic heterocycles. The number of phenolic OH excluding ortho intramolecular Hbond substituents is 1. The van der Waals surface area contributed by atoms with Crippen LogP contribution in [0.5, 0.6) is 5.75 Å². The zero-order chi connectivity index (χ0) is 25.8. The molecule has 3 rings (SSSR count). The summed E-state index contributed by atoms with van der Waals surface area (Å²) < 4.78 is 5.23. The average Bonchev–Trinajstić information content (AvgIpc) is 3.61. The molecule has 188 valence electrons. The molecule has 1 fully saturated rings. The van der Waals surface area contributed by atoms with Gasteiger partial charge in [0.25, 0.3) is 5.91 Å². The number of amides is 3. The van der Waals surface area contributed by atoms with Crippen LogP contribution in [-0.2, 0) is 14.3 Å². The van der Waals surface area contributed by atoms with Crippen LogP contribution in [0.3, 0.4) is 0 Å². The van der Waals surface area contributed by atoms with Crippen molar-refractivity contribution in [3.05, 3.63) is 59.7 Å². The third kappa shape index (κ3) is 6.73. The van der Waals surface area contributed by atoms with E-state index in [0.717, 1.165) is 5.56 Å². The zero-order valence-corrected chi connectivity index (χ0v) is 20.4. The summed E-state index contributed by atoms with van der Waals surface area (Å²) in [5.74, 6) is -1.31. The van der Waals surface area contributed by atoms with Gasteiger partial charge < -0.3 is 30.5 Å². The van der Waals surface area contributed by atoms with E-state index >= 15 is 0 Å². The van der Waals surface area contributed by atoms with Gasteiger partial charge >= 0.3 is 6.09 Å². The minimum Gasteiger partial charge on any atom is -0.508 e. The number of para-hydroxylation sites is 2. The number of phenols is 1. The Morgan fingerprint density at radius 2 is 1.71 bits per heavy atom. The summed E-state index contributed by atoms with van der Waals surface area (Å²) in [4.78, 5) is 40.9. The van der Waals surface area contributed by atoms with Crippen LogP contribution in [0.1, 0.15) is 50.8 Å². The first-order valence-corrected chi connectivity index (χ1v) is 11.6. The van der Waals surface area contributed by atoms with Crippen LogP contribution >= 0.6 is 0 Å². The molecular formula is C26H33N3O6. The number of carbonyl (C=O) groups is 3. The average molecular weight is 484 g/mol. The molecule has 9 nitrogen and oxygen atoms in total. The minimum atomic E-state index is -1.33. The predicted molar refractivity (Wildman–Crippen MR) is 131 cm³/mol. The van der Waals surface area contributed by atoms with Crippen molar-refractivity contribution in [2.24, 2.45) is 0 Å². The Bertz CT molecular complexity index is 1080. The Hall–Kier alpha value is -3.59. The maximum Gasteiger partial charge on any atom is 0.408 e. The minimum absolute atomic E-state index is 0.142. The number of aliphatic hydroxyl groups is 1. The van der Waals surface area contributed by atoms with Crippen LogP contribution in [0.15, 0.2) is 48.5 Å². The van der Waals surface area contributed by atoms with Gasteiger partial charge in [0.1, 0.15) is 23.4 Å². The topological polar surface area (TPSA) is 128 Å². The number of nitrogens with one attached hydrogen (secondary N) is 2. The molecule has 1 aliphatic rings. The number of alkyl carbamates (subject to hydrolysis) is 1. The first-order chi connectivity index (χ1) is 16.5. The Morgan fingerprint density at radius 1 is 1.09 bits per heavy atom. The highest BCUT2D eigenvalue weighted by atomic mass is 16.6. The molecule has 1 aliphatic carbocycles. The van der Waals surface area contributed by atoms with Crippen molar-refractivity contribution in [1.82, 2.24) is 10.2 Å². The van der Waals surface area contributed by atoms with Crippen LogP contribution < -0.4 is 10.6 Å². The quantitative estimate of drug-likeness (QED) is 0.456. The second-order valence-corrected chi connectivity index (χ2v) is 9.62. The van der Waals surface area contributed by atoms with Gasteiger partial charge in [-0.05, 0) is 58.2 Å². The molecule has 4 N–H and O–H groups in total. The highest BCUT2D eigenvalue weighted by Gasteiger charge is 2.44. The third-order valence-corrected chi connectivity index (χ3v) is 5.53. The number of aliphatic hydroxyl groups excluding tert-OH is 1. The Balaban J connectivity index is 1.96. The number of anilines is 1. The van der Waals surface area contributed by atoms with Gasteiger partial charge in [0, 0.05) is 17.3 Å². The zero-order valence-electron chi connectivity index (χ0n) is 20.4. The molecule has 2 unspecified atom stereocenters. The Morgan fingerprint density at radius 3 is 2.29 bits per heavy atom. The van der Waals surface area contributed by atoms with Crippen molar-refractivity contribution in [2.75, 3.05) is 11.9 Å². The lowest BCUT2D eigenvalue weighted by atomic mass is 10.0. The van der Waals surface area contributed by atoms with Crippen LogP contribution in [0.2, 0.25) is 0 Å². The van der Waals surface area contributed by atoms with Gasteiger partial charge in [0.15, 0.2) is 0 Å². The number of rotatable bonds is 8. The van der Waals surface area contributed by atoms with E-state index in [1.165, 1.54) is 11.0 Å². The second kappa shape index (κ2) is 10.8. The molecular weight excluding hydrogens is 450 g/mol. The van der Waals surface area contributed by atoms with Crippen LogP contribution in [-0.4, -0.2) is 57.3 Å². The SMILES string of the molecule is Cc1ccccc1NC(=O)C(c1ccccc1O)N(C(=O)C(CO)NC(=O)OC(C)(C)C)C1CC1. The smallest absolute Gasteiger partial charge is 0.408 e. The Labute approximate surface area is 205 Å². The first-order valence-electron chi connectivity index (χ1n) is 11.6. The monoisotopic (exact) mass is 483 g/mol. The fraction of sp³-hybridized carbons (Fsp3) is 0.423. The third-order valence-electron chi connectivity index (χ3n) is 5.53. The number of aryl methyl sites for hydroxylation is 1. The number of ether oxygens (including phenoxy) is 1. The summed E-state index contributed by atoms with van der Waals surface area (Å²) in [6, 6.07) is 10.7. The van der Waals surface area contributed by atoms with Gasteiger partial charge in [0.05, 0.1) is 6.61 Å². The molecule has 2 aromatic carbocycles. The molecule has 35 heavy (non-hydrogen) atoms. The molecule has 2 atom stereocenters. The summed E-state index contributed by atoms with van der Waals surface area (Å²) in [7, 11) is 0. The number of carbonyl (C=O) groups excluding carboxylic acids is 3. The molecule has 0 aliphatic heterocycles. The van der Waals surface area contributed by atoms with E-state index in [9.17, 15) is 24.6 Å². The van der Waals surface area contributed by atoms with Crippen molar-refractivity contribution in [2.45, 2.75) is 64.3 Å². The second-order valence-electron chi connectivity index (χ2n) is 9.62. The fourth-order valence-electron chi connectivity index (χ4n) is 3.74. The van der Waals surface area contributed by atoms with Crippen LogP contribution in [0.4, 0.5) is 10.5 Å². The van der Waals surface area contributed by atoms with Gasteiger partial charge in [-0.2, -0.15) is 0 Å². The highest BCUT2D eigenvalue weighted by Crippen LogP contribution is 2.38. The van der Waals surface area contributed by atoms with Gasteiger partial charge in [-0.1, -0.05) is 36.4 Å². The lowest BCUT2D eigenvalue weighted by Gasteiger charge is -2.34. The van der Waals surface area contributed by atoms with E-state index in [1.807, 2.05) is 19.1 Å². The lowest BCUT2D eigenvalue weighted by molar-refractivity contribution is -0.142. The Kier molecular flexibility index (Phi) is 8.01. The van der Waals surface area contributed by atoms with E-state index in [-0.39, 0.29) is 17.4 Å². The number of hydrogen-bond donors (Lipinski definition) is 4. The van der Waals surface area contributed by atoms with Crippen molar-refractivity contribution < 1.29 is 29.3 Å². The summed E-state index contributed by atoms with van der Waals surface area (Å²) in [6.07, 6.45) is 0.444. The van der Waals surface area contributed by atoms with Gasteiger partial charge in [-0.3, -0.25) is 9.59 Å². The summed E-state index contributed by atoms with van der Waals surface area (Å²) in [5, 5.41) is 25.8. The van der Waals surface area contributed by atoms with Crippen molar-refractivity contribution >= 4 is 23.6 Å². The fourth-order valence-corrected chi connectivity index (χ4v) is 3.74. The molecule has 2 aromatic rings. The predicted octanol–water partition coefficient (Wildman–Crippen LogP) is 3.26. The van der Waals surface area contributed by atoms with Crippen LogP contribution in [0.25, 0.3) is 0 Å². The van der Waals surface area contributed by atoms with E-state index in [4.69, 9.17) is 4.74 Å². The molecule has 9 heteroatoms. The van der Waals surface area contributed by atoms with Crippen molar-refractivity contribution in [3.8, 4) is 5.75 Å². The molecule has 0 bridgehead atoms.